The summed E-state index contributed by atoms with van der Waals surface area (Å²) in [5.41, 5.74) is 0.639. The first kappa shape index (κ1) is 7.70. The first-order valence-corrected chi connectivity index (χ1v) is 3.85. The monoisotopic (exact) mass is 163 g/mol. The Morgan fingerprint density at radius 1 is 1.64 bits per heavy atom. The van der Waals surface area contributed by atoms with E-state index in [9.17, 15) is 4.79 Å². The topological polar surface area (TPSA) is 40.9 Å². The molecule has 1 aromatic rings. The lowest BCUT2D eigenvalue weighted by Gasteiger charge is -1.75. The van der Waals surface area contributed by atoms with E-state index in [0.717, 1.165) is 4.88 Å². The number of nitriles is 1. The molecule has 0 spiro atoms. The third kappa shape index (κ3) is 2.03. The summed E-state index contributed by atoms with van der Waals surface area (Å²) in [5.74, 6) is 0. The van der Waals surface area contributed by atoms with Crippen LogP contribution in [0.5, 0.6) is 0 Å². The molecule has 0 aliphatic carbocycles. The Morgan fingerprint density at radius 3 is 3.00 bits per heavy atom. The second kappa shape index (κ2) is 3.69. The lowest BCUT2D eigenvalue weighted by Crippen LogP contribution is -1.62. The molecule has 0 bridgehead atoms. The van der Waals surface area contributed by atoms with E-state index in [1.165, 1.54) is 17.4 Å². The highest BCUT2D eigenvalue weighted by Gasteiger charge is 1.93. The third-order valence-electron chi connectivity index (χ3n) is 1.09. The highest BCUT2D eigenvalue weighted by Crippen LogP contribution is 2.14. The van der Waals surface area contributed by atoms with Gasteiger partial charge in [-0.2, -0.15) is 5.26 Å². The van der Waals surface area contributed by atoms with Crippen molar-refractivity contribution in [3.8, 4) is 6.07 Å². The highest BCUT2D eigenvalue weighted by atomic mass is 32.1. The summed E-state index contributed by atoms with van der Waals surface area (Å²) < 4.78 is 0. The van der Waals surface area contributed by atoms with Crippen LogP contribution in [0.2, 0.25) is 0 Å². The zero-order valence-electron chi connectivity index (χ0n) is 5.65. The Bertz CT molecular complexity index is 319. The summed E-state index contributed by atoms with van der Waals surface area (Å²) in [6.45, 7) is 0. The zero-order valence-corrected chi connectivity index (χ0v) is 6.47. The van der Waals surface area contributed by atoms with Crippen molar-refractivity contribution in [2.75, 3.05) is 0 Å². The van der Waals surface area contributed by atoms with Crippen LogP contribution in [0.1, 0.15) is 10.4 Å². The molecule has 2 nitrogen and oxygen atoms in total. The molecule has 0 aliphatic heterocycles. The number of aldehydes is 1. The Labute approximate surface area is 68.4 Å². The minimum absolute atomic E-state index is 0.639. The maximum Gasteiger partial charge on any atom is 0.142 e. The van der Waals surface area contributed by atoms with Gasteiger partial charge in [0.2, 0.25) is 0 Å². The normalized spacial score (nSPS) is 9.73. The number of rotatable bonds is 2. The average molecular weight is 163 g/mol. The Balaban J connectivity index is 2.82. The molecule has 0 amide bonds. The van der Waals surface area contributed by atoms with E-state index in [1.54, 1.807) is 17.5 Å². The summed E-state index contributed by atoms with van der Waals surface area (Å²) in [7, 11) is 0. The molecule has 0 N–H and O–H groups in total. The maximum atomic E-state index is 9.91. The number of carbonyl (C=O) groups is 1. The second-order valence-corrected chi connectivity index (χ2v) is 2.79. The molecule has 0 fully saturated rings. The largest absolute Gasteiger partial charge is 0.299 e. The predicted molar refractivity (Wildman–Crippen MR) is 44.1 cm³/mol. The molecule has 1 aromatic heterocycles. The molecule has 0 aliphatic rings. The van der Waals surface area contributed by atoms with Gasteiger partial charge in [0.15, 0.2) is 0 Å². The van der Waals surface area contributed by atoms with E-state index in [-0.39, 0.29) is 0 Å². The third-order valence-corrected chi connectivity index (χ3v) is 1.99. The summed E-state index contributed by atoms with van der Waals surface area (Å²) >= 11 is 1.45. The predicted octanol–water partition coefficient (Wildman–Crippen LogP) is 1.83. The highest BCUT2D eigenvalue weighted by molar-refractivity contribution is 7.11. The van der Waals surface area contributed by atoms with Crippen molar-refractivity contribution in [1.29, 1.82) is 5.26 Å². The Morgan fingerprint density at radius 2 is 2.45 bits per heavy atom. The number of hydrogen-bond donors (Lipinski definition) is 0. The minimum atomic E-state index is 0.639. The zero-order chi connectivity index (χ0) is 8.10. The van der Waals surface area contributed by atoms with Gasteiger partial charge in [-0.25, -0.2) is 0 Å². The van der Waals surface area contributed by atoms with Crippen LogP contribution < -0.4 is 0 Å². The van der Waals surface area contributed by atoms with Crippen molar-refractivity contribution in [2.24, 2.45) is 0 Å². The molecular weight excluding hydrogens is 158 g/mol. The molecule has 0 saturated carbocycles. The van der Waals surface area contributed by atoms with Gasteiger partial charge in [-0.15, -0.1) is 11.3 Å². The Hall–Kier alpha value is -1.40. The molecule has 0 radical (unpaired) electrons. The molecule has 0 unspecified atom stereocenters. The lowest BCUT2D eigenvalue weighted by molar-refractivity contribution is -0.104. The fourth-order valence-electron chi connectivity index (χ4n) is 0.633. The fraction of sp³-hybridized carbons (Fsp3) is 0. The second-order valence-electron chi connectivity index (χ2n) is 1.84. The summed E-state index contributed by atoms with van der Waals surface area (Å²) in [6, 6.07) is 3.75. The molecule has 0 saturated heterocycles. The van der Waals surface area contributed by atoms with Gasteiger partial charge in [-0.05, 0) is 18.2 Å². The van der Waals surface area contributed by atoms with Crippen molar-refractivity contribution in [2.45, 2.75) is 0 Å². The summed E-state index contributed by atoms with van der Waals surface area (Å²) in [4.78, 5) is 10.8. The van der Waals surface area contributed by atoms with Crippen LogP contribution in [0.3, 0.4) is 0 Å². The van der Waals surface area contributed by atoms with E-state index in [1.807, 2.05) is 6.07 Å². The van der Waals surface area contributed by atoms with Gasteiger partial charge in [0.05, 0.1) is 5.56 Å². The number of carbonyl (C=O) groups excluding carboxylic acids is 1. The van der Waals surface area contributed by atoms with E-state index in [4.69, 9.17) is 5.26 Å². The van der Waals surface area contributed by atoms with Crippen LogP contribution in [0.25, 0.3) is 6.08 Å². The van der Waals surface area contributed by atoms with Gasteiger partial charge < -0.3 is 0 Å². The van der Waals surface area contributed by atoms with E-state index >= 15 is 0 Å². The molecule has 11 heavy (non-hydrogen) atoms. The van der Waals surface area contributed by atoms with Crippen molar-refractivity contribution in [1.82, 2.24) is 0 Å². The quantitative estimate of drug-likeness (QED) is 0.493. The van der Waals surface area contributed by atoms with Gasteiger partial charge in [-0.3, -0.25) is 4.79 Å². The molecular formula is C8H5NOS. The van der Waals surface area contributed by atoms with E-state index < -0.39 is 0 Å². The molecule has 3 heteroatoms. The molecule has 54 valence electrons. The van der Waals surface area contributed by atoms with E-state index in [2.05, 4.69) is 0 Å². The molecule has 1 heterocycles. The minimum Gasteiger partial charge on any atom is -0.299 e. The number of allylic oxidation sites excluding steroid dienone is 1. The number of nitrogens with zero attached hydrogens (tertiary/aromatic N) is 1. The summed E-state index contributed by atoms with van der Waals surface area (Å²) in [6.07, 6.45) is 3.80. The van der Waals surface area contributed by atoms with Crippen molar-refractivity contribution in [3.63, 3.8) is 0 Å². The molecule has 0 aromatic carbocycles. The summed E-state index contributed by atoms with van der Waals surface area (Å²) in [5, 5.41) is 10.2. The SMILES string of the molecule is N#Cc1csc(/C=C/C=O)c1. The van der Waals surface area contributed by atoms with Gasteiger partial charge in [0.1, 0.15) is 12.4 Å². The van der Waals surface area contributed by atoms with Crippen molar-refractivity contribution in [3.05, 3.63) is 28.0 Å². The number of hydrogen-bond acceptors (Lipinski definition) is 3. The van der Waals surface area contributed by atoms with Gasteiger partial charge >= 0.3 is 0 Å². The van der Waals surface area contributed by atoms with Crippen LogP contribution >= 0.6 is 11.3 Å². The van der Waals surface area contributed by atoms with Gasteiger partial charge in [0, 0.05) is 10.3 Å². The van der Waals surface area contributed by atoms with Crippen LogP contribution in [-0.4, -0.2) is 6.29 Å². The average Bonchev–Trinajstić information content (AvgIpc) is 2.48. The van der Waals surface area contributed by atoms with Gasteiger partial charge in [-0.1, -0.05) is 0 Å². The molecule has 0 atom stereocenters. The standard InChI is InChI=1S/C8H5NOS/c9-5-7-4-8(11-6-7)2-1-3-10/h1-4,6H/b2-1+. The van der Waals surface area contributed by atoms with Crippen molar-refractivity contribution >= 4 is 23.7 Å². The van der Waals surface area contributed by atoms with E-state index in [0.29, 0.717) is 11.8 Å². The number of thiophene rings is 1. The lowest BCUT2D eigenvalue weighted by atomic mass is 10.3. The maximum absolute atomic E-state index is 9.91. The fourth-order valence-corrected chi connectivity index (χ4v) is 1.37. The van der Waals surface area contributed by atoms with Crippen LogP contribution in [0.15, 0.2) is 17.5 Å². The van der Waals surface area contributed by atoms with Crippen LogP contribution in [0.4, 0.5) is 0 Å². The smallest absolute Gasteiger partial charge is 0.142 e. The first-order chi connectivity index (χ1) is 5.36. The first-order valence-electron chi connectivity index (χ1n) is 2.97. The van der Waals surface area contributed by atoms with Gasteiger partial charge in [0.25, 0.3) is 0 Å². The Kier molecular flexibility index (Phi) is 2.59. The molecule has 1 rings (SSSR count). The van der Waals surface area contributed by atoms with Crippen molar-refractivity contribution < 1.29 is 4.79 Å². The van der Waals surface area contributed by atoms with Crippen LogP contribution in [-0.2, 0) is 4.79 Å². The van der Waals surface area contributed by atoms with Crippen LogP contribution in [0, 0.1) is 11.3 Å².